The highest BCUT2D eigenvalue weighted by Crippen LogP contribution is 2.38. The van der Waals surface area contributed by atoms with Crippen LogP contribution in [0.5, 0.6) is 0 Å². The second kappa shape index (κ2) is 8.17. The van der Waals surface area contributed by atoms with Crippen molar-refractivity contribution in [3.8, 4) is 0 Å². The SMILES string of the molecule is c1ccc([SiH2]c2cccc3c2Sc2ccccc2[Si]32c3ccccc3Sc3ccccc32)cc1. The van der Waals surface area contributed by atoms with Crippen LogP contribution in [0, 0.1) is 0 Å². The fourth-order valence-corrected chi connectivity index (χ4v) is 17.1. The molecule has 0 bridgehead atoms. The first kappa shape index (κ1) is 20.6. The third kappa shape index (κ3) is 2.99. The Hall–Kier alpha value is -2.77. The minimum Gasteiger partial charge on any atom is -0.0904 e. The molecule has 7 rings (SSSR count). The zero-order valence-electron chi connectivity index (χ0n) is 18.6. The number of hydrogen-bond acceptors (Lipinski definition) is 2. The monoisotopic (exact) mass is 502 g/mol. The molecule has 0 aliphatic carbocycles. The molecule has 5 aromatic rings. The van der Waals surface area contributed by atoms with E-state index in [1.807, 2.05) is 23.5 Å². The molecule has 0 amide bonds. The van der Waals surface area contributed by atoms with Crippen molar-refractivity contribution in [3.63, 3.8) is 0 Å². The van der Waals surface area contributed by atoms with Crippen LogP contribution >= 0.6 is 23.5 Å². The lowest BCUT2D eigenvalue weighted by Crippen LogP contribution is -2.78. The highest BCUT2D eigenvalue weighted by atomic mass is 32.2. The number of rotatable bonds is 2. The van der Waals surface area contributed by atoms with Crippen molar-refractivity contribution in [1.82, 2.24) is 0 Å². The smallest absolute Gasteiger partial charge is 0.0904 e. The van der Waals surface area contributed by atoms with Crippen molar-refractivity contribution in [2.24, 2.45) is 0 Å². The normalized spacial score (nSPS) is 14.9. The van der Waals surface area contributed by atoms with Crippen molar-refractivity contribution >= 4 is 72.2 Å². The summed E-state index contributed by atoms with van der Waals surface area (Å²) in [6.45, 7) is 0. The van der Waals surface area contributed by atoms with Gasteiger partial charge in [-0.1, -0.05) is 132 Å². The maximum Gasteiger partial charge on any atom is 0.184 e. The molecule has 0 radical (unpaired) electrons. The summed E-state index contributed by atoms with van der Waals surface area (Å²) in [5.74, 6) is 0. The molecular weight excluding hydrogens is 481 g/mol. The van der Waals surface area contributed by atoms with E-state index in [1.54, 1.807) is 25.9 Å². The van der Waals surface area contributed by atoms with Gasteiger partial charge in [-0.2, -0.15) is 0 Å². The van der Waals surface area contributed by atoms with Gasteiger partial charge in [0.1, 0.15) is 0 Å². The predicted octanol–water partition coefficient (Wildman–Crippen LogP) is 3.11. The molecule has 0 atom stereocenters. The summed E-state index contributed by atoms with van der Waals surface area (Å²) in [7, 11) is -3.00. The molecule has 0 nitrogen and oxygen atoms in total. The molecular formula is C30H22S2Si2. The van der Waals surface area contributed by atoms with E-state index in [0.29, 0.717) is 0 Å². The Morgan fingerprint density at radius 2 is 0.941 bits per heavy atom. The minimum absolute atomic E-state index is 0.578. The Kier molecular flexibility index (Phi) is 4.95. The molecule has 162 valence electrons. The van der Waals surface area contributed by atoms with Crippen LogP contribution in [-0.4, -0.2) is 17.6 Å². The highest BCUT2D eigenvalue weighted by Gasteiger charge is 2.51. The lowest BCUT2D eigenvalue weighted by Gasteiger charge is -2.44. The predicted molar refractivity (Wildman–Crippen MR) is 153 cm³/mol. The molecule has 5 aromatic carbocycles. The summed E-state index contributed by atoms with van der Waals surface area (Å²) in [5.41, 5.74) is 0. The van der Waals surface area contributed by atoms with Gasteiger partial charge in [0.05, 0.1) is 9.52 Å². The van der Waals surface area contributed by atoms with E-state index in [-0.39, 0.29) is 0 Å². The quantitative estimate of drug-likeness (QED) is 0.333. The van der Waals surface area contributed by atoms with Gasteiger partial charge in [-0.3, -0.25) is 0 Å². The molecule has 0 aromatic heterocycles. The zero-order valence-corrected chi connectivity index (χ0v) is 22.6. The fourth-order valence-electron chi connectivity index (χ4n) is 5.65. The molecule has 0 N–H and O–H groups in total. The number of benzene rings is 5. The van der Waals surface area contributed by atoms with Gasteiger partial charge >= 0.3 is 0 Å². The van der Waals surface area contributed by atoms with Gasteiger partial charge in [-0.05, 0) is 44.1 Å². The Bertz CT molecular complexity index is 1480. The average molecular weight is 503 g/mol. The molecule has 2 aliphatic heterocycles. The van der Waals surface area contributed by atoms with Gasteiger partial charge in [-0.25, -0.2) is 0 Å². The van der Waals surface area contributed by atoms with Crippen LogP contribution in [0.3, 0.4) is 0 Å². The van der Waals surface area contributed by atoms with Gasteiger partial charge in [-0.15, -0.1) is 0 Å². The van der Waals surface area contributed by atoms with Crippen LogP contribution in [-0.2, 0) is 0 Å². The number of fused-ring (bicyclic) bond motifs is 8. The van der Waals surface area contributed by atoms with Gasteiger partial charge in [0, 0.05) is 19.6 Å². The van der Waals surface area contributed by atoms with Crippen LogP contribution in [0.2, 0.25) is 0 Å². The largest absolute Gasteiger partial charge is 0.184 e. The highest BCUT2D eigenvalue weighted by molar-refractivity contribution is 8.01. The van der Waals surface area contributed by atoms with E-state index in [4.69, 9.17) is 0 Å². The first-order valence-corrected chi connectivity index (χ1v) is 16.7. The van der Waals surface area contributed by atoms with Crippen LogP contribution in [0.4, 0.5) is 0 Å². The van der Waals surface area contributed by atoms with E-state index in [2.05, 4.69) is 121 Å². The third-order valence-electron chi connectivity index (χ3n) is 7.04. The lowest BCUT2D eigenvalue weighted by atomic mass is 10.3. The van der Waals surface area contributed by atoms with Gasteiger partial charge in [0.2, 0.25) is 0 Å². The van der Waals surface area contributed by atoms with Gasteiger partial charge in [0.15, 0.2) is 8.07 Å². The Morgan fingerprint density at radius 3 is 1.56 bits per heavy atom. The van der Waals surface area contributed by atoms with E-state index < -0.39 is 17.6 Å². The Morgan fingerprint density at radius 1 is 0.441 bits per heavy atom. The minimum atomic E-state index is -2.42. The average Bonchev–Trinajstić information content (AvgIpc) is 2.90. The molecule has 0 saturated carbocycles. The van der Waals surface area contributed by atoms with E-state index in [9.17, 15) is 0 Å². The molecule has 0 saturated heterocycles. The first-order chi connectivity index (χ1) is 16.9. The summed E-state index contributed by atoms with van der Waals surface area (Å²) in [6, 6.07) is 45.9. The van der Waals surface area contributed by atoms with E-state index >= 15 is 0 Å². The first-order valence-electron chi connectivity index (χ1n) is 11.7. The molecule has 1 spiro atoms. The lowest BCUT2D eigenvalue weighted by molar-refractivity contribution is 1.38. The summed E-state index contributed by atoms with van der Waals surface area (Å²) in [5, 5.41) is 9.30. The Balaban J connectivity index is 1.58. The van der Waals surface area contributed by atoms with Crippen molar-refractivity contribution in [3.05, 3.63) is 121 Å². The van der Waals surface area contributed by atoms with Crippen LogP contribution in [0.15, 0.2) is 141 Å². The molecule has 2 heterocycles. The summed E-state index contributed by atoms with van der Waals surface area (Å²) in [6.07, 6.45) is 0. The van der Waals surface area contributed by atoms with E-state index in [1.165, 1.54) is 24.8 Å². The van der Waals surface area contributed by atoms with Crippen LogP contribution < -0.4 is 31.1 Å². The summed E-state index contributed by atoms with van der Waals surface area (Å²) in [4.78, 5) is 5.81. The summed E-state index contributed by atoms with van der Waals surface area (Å²) < 4.78 is 0. The van der Waals surface area contributed by atoms with Crippen LogP contribution in [0.25, 0.3) is 0 Å². The maximum atomic E-state index is 2.46. The molecule has 34 heavy (non-hydrogen) atoms. The Labute approximate surface area is 212 Å². The fraction of sp³-hybridized carbons (Fsp3) is 0. The standard InChI is InChI=1S/C30H22S2Si2/c1-2-11-21(12-3-1)33-25-16-10-20-29-30(25)32-24-15-6-9-19-28(24)34(29)26-17-7-4-13-22(26)31-23-14-5-8-18-27(23)34/h1-20H,33H2. The third-order valence-corrected chi connectivity index (χ3v) is 17.2. The maximum absolute atomic E-state index is 2.46. The molecule has 4 heteroatoms. The second-order valence-electron chi connectivity index (χ2n) is 8.90. The molecule has 0 unspecified atom stereocenters. The zero-order chi connectivity index (χ0) is 22.5. The van der Waals surface area contributed by atoms with E-state index in [0.717, 1.165) is 0 Å². The van der Waals surface area contributed by atoms with Crippen LogP contribution in [0.1, 0.15) is 0 Å². The van der Waals surface area contributed by atoms with Crippen molar-refractivity contribution < 1.29 is 0 Å². The van der Waals surface area contributed by atoms with Crippen molar-refractivity contribution in [2.75, 3.05) is 0 Å². The second-order valence-corrected chi connectivity index (χ2v) is 16.6. The number of hydrogen-bond donors (Lipinski definition) is 0. The van der Waals surface area contributed by atoms with Crippen molar-refractivity contribution in [2.45, 2.75) is 19.6 Å². The van der Waals surface area contributed by atoms with Gasteiger partial charge < -0.3 is 0 Å². The summed E-state index contributed by atoms with van der Waals surface area (Å²) >= 11 is 3.95. The van der Waals surface area contributed by atoms with Gasteiger partial charge in [0.25, 0.3) is 0 Å². The topological polar surface area (TPSA) is 0 Å². The van der Waals surface area contributed by atoms with Crippen molar-refractivity contribution in [1.29, 1.82) is 0 Å². The molecule has 2 aliphatic rings. The molecule has 0 fully saturated rings.